The Morgan fingerprint density at radius 3 is 2.81 bits per heavy atom. The molecular weight excluding hydrogens is 262 g/mol. The fourth-order valence-electron chi connectivity index (χ4n) is 1.44. The summed E-state index contributed by atoms with van der Waals surface area (Å²) in [6.07, 6.45) is 0.661. The van der Waals surface area contributed by atoms with Crippen molar-refractivity contribution in [3.05, 3.63) is 40.1 Å². The van der Waals surface area contributed by atoms with E-state index in [0.29, 0.717) is 11.6 Å². The summed E-state index contributed by atoms with van der Waals surface area (Å²) in [7, 11) is 0. The number of nitrogens with zero attached hydrogens (tertiary/aromatic N) is 3. The SMILES string of the molecule is Clc1nsnc1Cc1nc2ccccc2s1. The summed E-state index contributed by atoms with van der Waals surface area (Å²) >= 11 is 8.71. The summed E-state index contributed by atoms with van der Waals surface area (Å²) < 4.78 is 9.28. The average Bonchev–Trinajstić information content (AvgIpc) is 2.85. The molecular formula is C10H6ClN3S2. The molecule has 16 heavy (non-hydrogen) atoms. The second kappa shape index (κ2) is 4.08. The molecule has 80 valence electrons. The number of rotatable bonds is 2. The summed E-state index contributed by atoms with van der Waals surface area (Å²) in [5.41, 5.74) is 1.84. The molecule has 3 aromatic rings. The molecule has 0 aliphatic heterocycles. The van der Waals surface area contributed by atoms with Crippen molar-refractivity contribution >= 4 is 44.9 Å². The van der Waals surface area contributed by atoms with Gasteiger partial charge >= 0.3 is 0 Å². The van der Waals surface area contributed by atoms with Crippen molar-refractivity contribution in [1.82, 2.24) is 13.7 Å². The number of thiazole rings is 1. The molecule has 0 amide bonds. The summed E-state index contributed by atoms with van der Waals surface area (Å²) in [6.45, 7) is 0. The summed E-state index contributed by atoms with van der Waals surface area (Å²) in [5.74, 6) is 0. The van der Waals surface area contributed by atoms with E-state index in [1.165, 1.54) is 4.70 Å². The Hall–Kier alpha value is -1.04. The van der Waals surface area contributed by atoms with Crippen LogP contribution in [0.25, 0.3) is 10.2 Å². The van der Waals surface area contributed by atoms with Crippen LogP contribution in [0.15, 0.2) is 24.3 Å². The van der Waals surface area contributed by atoms with E-state index in [1.807, 2.05) is 18.2 Å². The molecule has 2 aromatic heterocycles. The van der Waals surface area contributed by atoms with Gasteiger partial charge in [-0.3, -0.25) is 0 Å². The maximum atomic E-state index is 5.90. The van der Waals surface area contributed by atoms with E-state index in [9.17, 15) is 0 Å². The van der Waals surface area contributed by atoms with Crippen LogP contribution in [-0.4, -0.2) is 13.7 Å². The van der Waals surface area contributed by atoms with E-state index in [1.54, 1.807) is 11.3 Å². The minimum Gasteiger partial charge on any atom is -0.241 e. The Labute approximate surface area is 105 Å². The Morgan fingerprint density at radius 2 is 2.06 bits per heavy atom. The van der Waals surface area contributed by atoms with Crippen LogP contribution in [0.3, 0.4) is 0 Å². The molecule has 0 saturated heterocycles. The molecule has 2 heterocycles. The molecule has 0 fully saturated rings. The highest BCUT2D eigenvalue weighted by atomic mass is 35.5. The fraction of sp³-hybridized carbons (Fsp3) is 0.100. The molecule has 3 nitrogen and oxygen atoms in total. The second-order valence-corrected chi connectivity index (χ2v) is 5.26. The van der Waals surface area contributed by atoms with Crippen LogP contribution in [-0.2, 0) is 6.42 Å². The molecule has 0 unspecified atom stereocenters. The predicted octanol–water partition coefficient (Wildman–Crippen LogP) is 3.39. The molecule has 0 bridgehead atoms. The molecule has 6 heteroatoms. The van der Waals surface area contributed by atoms with Gasteiger partial charge in [-0.05, 0) is 12.1 Å². The van der Waals surface area contributed by atoms with E-state index in [-0.39, 0.29) is 0 Å². The lowest BCUT2D eigenvalue weighted by Crippen LogP contribution is -1.87. The quantitative estimate of drug-likeness (QED) is 0.714. The first kappa shape index (κ1) is 10.1. The predicted molar refractivity (Wildman–Crippen MR) is 67.3 cm³/mol. The third-order valence-electron chi connectivity index (χ3n) is 2.17. The van der Waals surface area contributed by atoms with E-state index in [0.717, 1.165) is 27.9 Å². The number of aromatic nitrogens is 3. The maximum absolute atomic E-state index is 5.90. The first-order chi connectivity index (χ1) is 7.83. The number of benzene rings is 1. The van der Waals surface area contributed by atoms with Gasteiger partial charge < -0.3 is 0 Å². The second-order valence-electron chi connectivity index (χ2n) is 3.25. The number of halogens is 1. The third kappa shape index (κ3) is 1.81. The number of hydrogen-bond acceptors (Lipinski definition) is 5. The maximum Gasteiger partial charge on any atom is 0.166 e. The van der Waals surface area contributed by atoms with Crippen LogP contribution < -0.4 is 0 Å². The highest BCUT2D eigenvalue weighted by Gasteiger charge is 2.09. The van der Waals surface area contributed by atoms with E-state index < -0.39 is 0 Å². The molecule has 0 saturated carbocycles. The topological polar surface area (TPSA) is 38.7 Å². The minimum atomic E-state index is 0.490. The van der Waals surface area contributed by atoms with E-state index >= 15 is 0 Å². The van der Waals surface area contributed by atoms with Crippen LogP contribution in [0.5, 0.6) is 0 Å². The lowest BCUT2D eigenvalue weighted by Gasteiger charge is -1.89. The Kier molecular flexibility index (Phi) is 2.59. The van der Waals surface area contributed by atoms with Crippen LogP contribution in [0.1, 0.15) is 10.7 Å². The van der Waals surface area contributed by atoms with Crippen LogP contribution in [0, 0.1) is 0 Å². The van der Waals surface area contributed by atoms with Crippen LogP contribution in [0.4, 0.5) is 0 Å². The Balaban J connectivity index is 1.98. The smallest absolute Gasteiger partial charge is 0.166 e. The van der Waals surface area contributed by atoms with Crippen molar-refractivity contribution in [2.75, 3.05) is 0 Å². The van der Waals surface area contributed by atoms with Crippen molar-refractivity contribution in [2.24, 2.45) is 0 Å². The first-order valence-corrected chi connectivity index (χ1v) is 6.57. The first-order valence-electron chi connectivity index (χ1n) is 4.64. The van der Waals surface area contributed by atoms with Crippen molar-refractivity contribution in [2.45, 2.75) is 6.42 Å². The molecule has 0 aliphatic carbocycles. The Bertz CT molecular complexity index is 599. The van der Waals surface area contributed by atoms with Gasteiger partial charge in [-0.1, -0.05) is 23.7 Å². The normalized spacial score (nSPS) is 11.1. The van der Waals surface area contributed by atoms with E-state index in [4.69, 9.17) is 11.6 Å². The minimum absolute atomic E-state index is 0.490. The van der Waals surface area contributed by atoms with Gasteiger partial charge in [0.25, 0.3) is 0 Å². The third-order valence-corrected chi connectivity index (χ3v) is 4.17. The molecule has 0 spiro atoms. The zero-order valence-electron chi connectivity index (χ0n) is 8.05. The zero-order valence-corrected chi connectivity index (χ0v) is 10.4. The summed E-state index contributed by atoms with van der Waals surface area (Å²) in [4.78, 5) is 4.53. The van der Waals surface area contributed by atoms with Gasteiger partial charge in [-0.15, -0.1) is 11.3 Å². The number of para-hydroxylation sites is 1. The van der Waals surface area contributed by atoms with Gasteiger partial charge in [0.15, 0.2) is 5.15 Å². The van der Waals surface area contributed by atoms with Gasteiger partial charge in [-0.2, -0.15) is 8.75 Å². The standard InChI is InChI=1S/C10H6ClN3S2/c11-10-7(13-16-14-10)5-9-12-6-3-1-2-4-8(6)15-9/h1-4H,5H2. The van der Waals surface area contributed by atoms with Gasteiger partial charge in [0.1, 0.15) is 5.69 Å². The van der Waals surface area contributed by atoms with Gasteiger partial charge in [0.05, 0.1) is 27.0 Å². The fourth-order valence-corrected chi connectivity index (χ4v) is 3.13. The number of fused-ring (bicyclic) bond motifs is 1. The average molecular weight is 268 g/mol. The molecule has 0 radical (unpaired) electrons. The lowest BCUT2D eigenvalue weighted by atomic mass is 10.3. The van der Waals surface area contributed by atoms with Crippen molar-refractivity contribution in [3.63, 3.8) is 0 Å². The highest BCUT2D eigenvalue weighted by Crippen LogP contribution is 2.25. The summed E-state index contributed by atoms with van der Waals surface area (Å²) in [5, 5.41) is 1.51. The molecule has 0 N–H and O–H groups in total. The van der Waals surface area contributed by atoms with Crippen LogP contribution in [0.2, 0.25) is 5.15 Å². The van der Waals surface area contributed by atoms with Gasteiger partial charge in [0.2, 0.25) is 0 Å². The summed E-state index contributed by atoms with van der Waals surface area (Å²) in [6, 6.07) is 8.08. The van der Waals surface area contributed by atoms with Crippen molar-refractivity contribution < 1.29 is 0 Å². The van der Waals surface area contributed by atoms with Crippen molar-refractivity contribution in [3.8, 4) is 0 Å². The molecule has 0 atom stereocenters. The van der Waals surface area contributed by atoms with Gasteiger partial charge in [0, 0.05) is 6.42 Å². The van der Waals surface area contributed by atoms with Gasteiger partial charge in [-0.25, -0.2) is 4.98 Å². The number of hydrogen-bond donors (Lipinski definition) is 0. The largest absolute Gasteiger partial charge is 0.241 e. The Morgan fingerprint density at radius 1 is 1.19 bits per heavy atom. The highest BCUT2D eigenvalue weighted by molar-refractivity contribution is 7.18. The lowest BCUT2D eigenvalue weighted by molar-refractivity contribution is 1.10. The van der Waals surface area contributed by atoms with E-state index in [2.05, 4.69) is 19.8 Å². The molecule has 3 rings (SSSR count). The monoisotopic (exact) mass is 267 g/mol. The zero-order chi connectivity index (χ0) is 11.0. The van der Waals surface area contributed by atoms with Crippen LogP contribution >= 0.6 is 34.7 Å². The molecule has 0 aliphatic rings. The van der Waals surface area contributed by atoms with Crippen molar-refractivity contribution in [1.29, 1.82) is 0 Å². The molecule has 1 aromatic carbocycles.